The van der Waals surface area contributed by atoms with Gasteiger partial charge in [0.1, 0.15) is 6.54 Å². The number of imide groups is 1. The monoisotopic (exact) mass is 338 g/mol. The number of amides is 4. The Morgan fingerprint density at radius 2 is 1.91 bits per heavy atom. The quantitative estimate of drug-likeness (QED) is 0.708. The number of nitrogens with two attached hydrogens (primary N) is 1. The zero-order valence-electron chi connectivity index (χ0n) is 12.5. The standard InChI is InChI=1S/C15H18N4O3.ClH/c16-10-3-4-11(7-10)17-14(21)9-1-5-12(6-2-9)19-8-13(20)18-15(19)22;/h1-2,5-6,10-11H,3-4,7-8,16H2,(H,17,21)(H,18,20,22);1H/t10-,11-;/m1./s1. The van der Waals surface area contributed by atoms with Crippen LogP contribution in [0.5, 0.6) is 0 Å². The molecule has 0 unspecified atom stereocenters. The van der Waals surface area contributed by atoms with Crippen molar-refractivity contribution in [2.75, 3.05) is 11.4 Å². The van der Waals surface area contributed by atoms with E-state index in [1.54, 1.807) is 24.3 Å². The lowest BCUT2D eigenvalue weighted by Gasteiger charge is -2.15. The van der Waals surface area contributed by atoms with Crippen molar-refractivity contribution in [1.82, 2.24) is 10.6 Å². The summed E-state index contributed by atoms with van der Waals surface area (Å²) >= 11 is 0. The van der Waals surface area contributed by atoms with Crippen LogP contribution in [0.15, 0.2) is 24.3 Å². The molecule has 2 atom stereocenters. The molecule has 1 aromatic rings. The molecule has 0 aromatic heterocycles. The predicted octanol–water partition coefficient (Wildman–Crippen LogP) is 0.774. The lowest BCUT2D eigenvalue weighted by atomic mass is 10.1. The van der Waals surface area contributed by atoms with E-state index in [9.17, 15) is 14.4 Å². The fourth-order valence-corrected chi connectivity index (χ4v) is 2.86. The third-order valence-corrected chi connectivity index (χ3v) is 4.04. The van der Waals surface area contributed by atoms with Crippen molar-refractivity contribution in [3.05, 3.63) is 29.8 Å². The topological polar surface area (TPSA) is 105 Å². The van der Waals surface area contributed by atoms with Gasteiger partial charge in [0.2, 0.25) is 5.91 Å². The van der Waals surface area contributed by atoms with Crippen LogP contribution in [0.4, 0.5) is 10.5 Å². The number of nitrogens with zero attached hydrogens (tertiary/aromatic N) is 1. The molecule has 1 aliphatic carbocycles. The third-order valence-electron chi connectivity index (χ3n) is 4.04. The highest BCUT2D eigenvalue weighted by Gasteiger charge is 2.28. The van der Waals surface area contributed by atoms with E-state index in [1.165, 1.54) is 4.90 Å². The fourth-order valence-electron chi connectivity index (χ4n) is 2.86. The molecular formula is C15H19ClN4O3. The van der Waals surface area contributed by atoms with Crippen molar-refractivity contribution in [1.29, 1.82) is 0 Å². The highest BCUT2D eigenvalue weighted by molar-refractivity contribution is 6.12. The summed E-state index contributed by atoms with van der Waals surface area (Å²) in [6.45, 7) is 0.00430. The Kier molecular flexibility index (Phi) is 5.23. The van der Waals surface area contributed by atoms with E-state index >= 15 is 0 Å². The van der Waals surface area contributed by atoms with Gasteiger partial charge in [-0.3, -0.25) is 19.8 Å². The van der Waals surface area contributed by atoms with Gasteiger partial charge in [-0.1, -0.05) is 0 Å². The largest absolute Gasteiger partial charge is 0.349 e. The van der Waals surface area contributed by atoms with E-state index in [0.29, 0.717) is 11.3 Å². The molecule has 2 aliphatic rings. The first-order chi connectivity index (χ1) is 10.5. The number of nitrogens with one attached hydrogen (secondary N) is 2. The van der Waals surface area contributed by atoms with Crippen LogP contribution < -0.4 is 21.3 Å². The molecule has 4 amide bonds. The second-order valence-electron chi connectivity index (χ2n) is 5.73. The Hall–Kier alpha value is -2.12. The van der Waals surface area contributed by atoms with Gasteiger partial charge < -0.3 is 11.1 Å². The van der Waals surface area contributed by atoms with Crippen molar-refractivity contribution in [2.45, 2.75) is 31.3 Å². The lowest BCUT2D eigenvalue weighted by Crippen LogP contribution is -2.34. The van der Waals surface area contributed by atoms with E-state index in [-0.39, 0.29) is 42.8 Å². The van der Waals surface area contributed by atoms with Gasteiger partial charge in [0, 0.05) is 23.3 Å². The number of hydrogen-bond acceptors (Lipinski definition) is 4. The van der Waals surface area contributed by atoms with Crippen molar-refractivity contribution in [2.24, 2.45) is 5.73 Å². The van der Waals surface area contributed by atoms with Crippen LogP contribution in [0.25, 0.3) is 0 Å². The van der Waals surface area contributed by atoms with Gasteiger partial charge in [-0.25, -0.2) is 4.79 Å². The molecule has 124 valence electrons. The minimum Gasteiger partial charge on any atom is -0.349 e. The molecule has 4 N–H and O–H groups in total. The maximum atomic E-state index is 12.2. The van der Waals surface area contributed by atoms with Crippen molar-refractivity contribution < 1.29 is 14.4 Å². The summed E-state index contributed by atoms with van der Waals surface area (Å²) in [5.74, 6) is -0.475. The maximum absolute atomic E-state index is 12.2. The van der Waals surface area contributed by atoms with E-state index in [0.717, 1.165) is 19.3 Å². The Labute approximate surface area is 140 Å². The van der Waals surface area contributed by atoms with Crippen LogP contribution >= 0.6 is 12.4 Å². The molecule has 0 spiro atoms. The second-order valence-corrected chi connectivity index (χ2v) is 5.73. The minimum atomic E-state index is -0.442. The summed E-state index contributed by atoms with van der Waals surface area (Å²) in [4.78, 5) is 36.2. The van der Waals surface area contributed by atoms with Gasteiger partial charge in [-0.05, 0) is 43.5 Å². The Bertz CT molecular complexity index is 620. The Morgan fingerprint density at radius 1 is 1.22 bits per heavy atom. The molecule has 1 aromatic carbocycles. The van der Waals surface area contributed by atoms with Crippen molar-refractivity contribution >= 4 is 35.9 Å². The molecule has 1 aliphatic heterocycles. The summed E-state index contributed by atoms with van der Waals surface area (Å²) < 4.78 is 0. The fraction of sp³-hybridized carbons (Fsp3) is 0.400. The summed E-state index contributed by atoms with van der Waals surface area (Å²) in [5, 5.41) is 5.18. The highest BCUT2D eigenvalue weighted by atomic mass is 35.5. The number of benzene rings is 1. The first-order valence-corrected chi connectivity index (χ1v) is 7.31. The predicted molar refractivity (Wildman–Crippen MR) is 87.7 cm³/mol. The normalized spacial score (nSPS) is 23.4. The van der Waals surface area contributed by atoms with E-state index < -0.39 is 6.03 Å². The van der Waals surface area contributed by atoms with Gasteiger partial charge in [-0.2, -0.15) is 0 Å². The van der Waals surface area contributed by atoms with Crippen LogP contribution in [0.3, 0.4) is 0 Å². The highest BCUT2D eigenvalue weighted by Crippen LogP contribution is 2.20. The van der Waals surface area contributed by atoms with E-state index in [4.69, 9.17) is 5.73 Å². The van der Waals surface area contributed by atoms with Gasteiger partial charge in [-0.15, -0.1) is 12.4 Å². The average molecular weight is 339 g/mol. The molecule has 2 fully saturated rings. The first-order valence-electron chi connectivity index (χ1n) is 7.31. The summed E-state index contributed by atoms with van der Waals surface area (Å²) in [6.07, 6.45) is 2.64. The summed E-state index contributed by atoms with van der Waals surface area (Å²) in [5.41, 5.74) is 6.94. The summed E-state index contributed by atoms with van der Waals surface area (Å²) in [6, 6.07) is 6.47. The number of anilines is 1. The lowest BCUT2D eigenvalue weighted by molar-refractivity contribution is -0.117. The van der Waals surface area contributed by atoms with Crippen molar-refractivity contribution in [3.8, 4) is 0 Å². The molecule has 1 saturated heterocycles. The average Bonchev–Trinajstić information content (AvgIpc) is 3.04. The number of carbonyl (C=O) groups excluding carboxylic acids is 3. The van der Waals surface area contributed by atoms with Crippen LogP contribution in [-0.2, 0) is 4.79 Å². The van der Waals surface area contributed by atoms with Crippen molar-refractivity contribution in [3.63, 3.8) is 0 Å². The number of halogens is 1. The van der Waals surface area contributed by atoms with Crippen LogP contribution in [0, 0.1) is 0 Å². The van der Waals surface area contributed by atoms with Crippen LogP contribution in [0.2, 0.25) is 0 Å². The van der Waals surface area contributed by atoms with Gasteiger partial charge >= 0.3 is 6.03 Å². The smallest absolute Gasteiger partial charge is 0.329 e. The molecule has 0 bridgehead atoms. The number of rotatable bonds is 3. The molecule has 1 heterocycles. The van der Waals surface area contributed by atoms with Gasteiger partial charge in [0.05, 0.1) is 0 Å². The molecule has 8 heteroatoms. The summed E-state index contributed by atoms with van der Waals surface area (Å²) in [7, 11) is 0. The molecule has 1 saturated carbocycles. The Balaban J connectivity index is 0.00000192. The third kappa shape index (κ3) is 3.80. The van der Waals surface area contributed by atoms with Gasteiger partial charge in [0.15, 0.2) is 0 Å². The zero-order valence-corrected chi connectivity index (χ0v) is 13.3. The van der Waals surface area contributed by atoms with Crippen LogP contribution in [-0.4, -0.2) is 36.5 Å². The maximum Gasteiger partial charge on any atom is 0.329 e. The molecule has 0 radical (unpaired) electrons. The molecule has 7 nitrogen and oxygen atoms in total. The van der Waals surface area contributed by atoms with Crippen LogP contribution in [0.1, 0.15) is 29.6 Å². The molecule has 23 heavy (non-hydrogen) atoms. The first kappa shape index (κ1) is 17.2. The zero-order chi connectivity index (χ0) is 15.7. The number of urea groups is 1. The molecular weight excluding hydrogens is 320 g/mol. The van der Waals surface area contributed by atoms with E-state index in [2.05, 4.69) is 10.6 Å². The second kappa shape index (κ2) is 6.97. The number of hydrogen-bond donors (Lipinski definition) is 3. The molecule has 3 rings (SSSR count). The van der Waals surface area contributed by atoms with E-state index in [1.807, 2.05) is 0 Å². The SMILES string of the molecule is Cl.N[C@@H]1CC[C@@H](NC(=O)c2ccc(N3CC(=O)NC3=O)cc2)C1. The Morgan fingerprint density at radius 3 is 2.43 bits per heavy atom. The minimum absolute atomic E-state index is 0. The number of carbonyl (C=O) groups is 3. The van der Waals surface area contributed by atoms with Gasteiger partial charge in [0.25, 0.3) is 5.91 Å².